The molecule has 28 heavy (non-hydrogen) atoms. The number of nitrogens with zero attached hydrogens (tertiary/aromatic N) is 1. The van der Waals surface area contributed by atoms with Gasteiger partial charge in [0.1, 0.15) is 5.58 Å². The molecule has 1 heterocycles. The van der Waals surface area contributed by atoms with Gasteiger partial charge in [-0.05, 0) is 38.1 Å². The van der Waals surface area contributed by atoms with Crippen LogP contribution < -0.4 is 14.9 Å². The van der Waals surface area contributed by atoms with E-state index in [1.165, 1.54) is 25.3 Å². The number of benzene rings is 2. The molecule has 0 bridgehead atoms. The van der Waals surface area contributed by atoms with E-state index < -0.39 is 12.5 Å². The fourth-order valence-electron chi connectivity index (χ4n) is 2.73. The summed E-state index contributed by atoms with van der Waals surface area (Å²) >= 11 is 0. The second kappa shape index (κ2) is 8.08. The number of aryl methyl sites for hydroxylation is 1. The lowest BCUT2D eigenvalue weighted by Gasteiger charge is -2.11. The molecule has 0 atom stereocenters. The number of halogens is 2. The largest absolute Gasteiger partial charge is 0.493 e. The first kappa shape index (κ1) is 19.3. The van der Waals surface area contributed by atoms with Gasteiger partial charge in [0.25, 0.3) is 0 Å². The summed E-state index contributed by atoms with van der Waals surface area (Å²) in [6.07, 6.45) is 0. The Morgan fingerprint density at radius 2 is 1.93 bits per heavy atom. The molecule has 2 aromatic carbocycles. The van der Waals surface area contributed by atoms with E-state index in [2.05, 4.69) is 15.3 Å². The number of nitrogens with one attached hydrogen (secondary N) is 1. The first-order chi connectivity index (χ1) is 13.4. The van der Waals surface area contributed by atoms with Crippen LogP contribution in [0.5, 0.6) is 11.5 Å². The second-order valence-electron chi connectivity index (χ2n) is 5.93. The summed E-state index contributed by atoms with van der Waals surface area (Å²) in [6.45, 7) is 0.499. The Bertz CT molecular complexity index is 1040. The lowest BCUT2D eigenvalue weighted by Crippen LogP contribution is -2.19. The molecule has 0 spiro atoms. The number of methoxy groups -OCH3 is 1. The molecule has 3 rings (SSSR count). The van der Waals surface area contributed by atoms with Crippen molar-refractivity contribution >= 4 is 22.6 Å². The minimum absolute atomic E-state index is 0.0871. The molecular formula is C20H18F2N2O4. The molecule has 0 saturated heterocycles. The maximum Gasteiger partial charge on any atom is 0.387 e. The Morgan fingerprint density at radius 1 is 1.18 bits per heavy atom. The number of hydrogen-bond donors (Lipinski definition) is 1. The van der Waals surface area contributed by atoms with Gasteiger partial charge in [-0.2, -0.15) is 13.9 Å². The number of carbonyl (C=O) groups is 1. The van der Waals surface area contributed by atoms with Gasteiger partial charge in [-0.1, -0.05) is 18.2 Å². The molecule has 0 saturated carbocycles. The highest BCUT2D eigenvalue weighted by atomic mass is 19.3. The monoisotopic (exact) mass is 388 g/mol. The predicted octanol–water partition coefficient (Wildman–Crippen LogP) is 4.51. The van der Waals surface area contributed by atoms with Gasteiger partial charge < -0.3 is 13.9 Å². The molecule has 0 unspecified atom stereocenters. The zero-order chi connectivity index (χ0) is 20.3. The van der Waals surface area contributed by atoms with Gasteiger partial charge in [0.15, 0.2) is 17.3 Å². The summed E-state index contributed by atoms with van der Waals surface area (Å²) in [5.74, 6) is -0.267. The van der Waals surface area contributed by atoms with Crippen LogP contribution in [0.2, 0.25) is 0 Å². The van der Waals surface area contributed by atoms with Crippen LogP contribution >= 0.6 is 0 Å². The average Bonchev–Trinajstić information content (AvgIpc) is 3.02. The third-order valence-corrected chi connectivity index (χ3v) is 4.17. The summed E-state index contributed by atoms with van der Waals surface area (Å²) in [4.78, 5) is 12.4. The van der Waals surface area contributed by atoms with Gasteiger partial charge in [0, 0.05) is 16.5 Å². The van der Waals surface area contributed by atoms with E-state index >= 15 is 0 Å². The molecule has 0 radical (unpaired) electrons. The number of fused-ring (bicyclic) bond motifs is 1. The van der Waals surface area contributed by atoms with Crippen molar-refractivity contribution in [3.63, 3.8) is 0 Å². The van der Waals surface area contributed by atoms with Crippen molar-refractivity contribution in [3.8, 4) is 11.5 Å². The SMILES string of the molecule is COc1cc(/C(C)=N\NC(=O)c2oc3ccccc3c2C)ccc1OC(F)F. The highest BCUT2D eigenvalue weighted by Gasteiger charge is 2.17. The quantitative estimate of drug-likeness (QED) is 0.498. The van der Waals surface area contributed by atoms with Crippen molar-refractivity contribution in [2.75, 3.05) is 7.11 Å². The zero-order valence-electron chi connectivity index (χ0n) is 15.5. The standard InChI is InChI=1S/C20H18F2N2O4/c1-11-14-6-4-5-7-15(14)27-18(11)19(25)24-23-12(2)13-8-9-16(28-20(21)22)17(10-13)26-3/h4-10,20H,1-3H3,(H,24,25)/b23-12-. The van der Waals surface area contributed by atoms with E-state index in [0.717, 1.165) is 10.9 Å². The molecule has 6 nitrogen and oxygen atoms in total. The number of hydrazone groups is 1. The summed E-state index contributed by atoms with van der Waals surface area (Å²) in [5.41, 5.74) is 4.80. The number of furan rings is 1. The number of ether oxygens (including phenoxy) is 2. The molecule has 1 N–H and O–H groups in total. The lowest BCUT2D eigenvalue weighted by molar-refractivity contribution is -0.0512. The second-order valence-corrected chi connectivity index (χ2v) is 5.93. The van der Waals surface area contributed by atoms with E-state index in [0.29, 0.717) is 16.9 Å². The summed E-state index contributed by atoms with van der Waals surface area (Å²) in [6, 6.07) is 11.7. The van der Waals surface area contributed by atoms with Crippen LogP contribution in [-0.2, 0) is 0 Å². The van der Waals surface area contributed by atoms with E-state index in [4.69, 9.17) is 9.15 Å². The molecular weight excluding hydrogens is 370 g/mol. The Kier molecular flexibility index (Phi) is 5.58. The van der Waals surface area contributed by atoms with Gasteiger partial charge in [-0.3, -0.25) is 4.79 Å². The van der Waals surface area contributed by atoms with Crippen molar-refractivity contribution in [1.82, 2.24) is 5.43 Å². The summed E-state index contributed by atoms with van der Waals surface area (Å²) < 4.78 is 39.9. The average molecular weight is 388 g/mol. The maximum atomic E-state index is 12.4. The van der Waals surface area contributed by atoms with Crippen LogP contribution in [-0.4, -0.2) is 25.3 Å². The summed E-state index contributed by atoms with van der Waals surface area (Å²) in [5, 5.41) is 4.91. The molecule has 1 aromatic heterocycles. The minimum atomic E-state index is -2.96. The Balaban J connectivity index is 1.79. The highest BCUT2D eigenvalue weighted by molar-refractivity contribution is 6.02. The Labute approximate surface area is 159 Å². The first-order valence-corrected chi connectivity index (χ1v) is 8.36. The number of hydrogen-bond acceptors (Lipinski definition) is 5. The summed E-state index contributed by atoms with van der Waals surface area (Å²) in [7, 11) is 1.34. The number of alkyl halides is 2. The molecule has 0 aliphatic carbocycles. The van der Waals surface area contributed by atoms with Crippen molar-refractivity contribution < 1.29 is 27.5 Å². The van der Waals surface area contributed by atoms with Crippen LogP contribution in [0, 0.1) is 6.92 Å². The molecule has 0 aliphatic heterocycles. The number of carbonyl (C=O) groups excluding carboxylic acids is 1. The Hall–Kier alpha value is -3.42. The molecule has 0 fully saturated rings. The molecule has 146 valence electrons. The normalized spacial score (nSPS) is 11.7. The topological polar surface area (TPSA) is 73.1 Å². The van der Waals surface area contributed by atoms with Gasteiger partial charge in [0.05, 0.1) is 12.8 Å². The molecule has 3 aromatic rings. The van der Waals surface area contributed by atoms with E-state index in [9.17, 15) is 13.6 Å². The number of para-hydroxylation sites is 1. The Morgan fingerprint density at radius 3 is 2.61 bits per heavy atom. The van der Waals surface area contributed by atoms with Crippen LogP contribution in [0.4, 0.5) is 8.78 Å². The van der Waals surface area contributed by atoms with Crippen molar-refractivity contribution in [1.29, 1.82) is 0 Å². The van der Waals surface area contributed by atoms with Gasteiger partial charge >= 0.3 is 12.5 Å². The minimum Gasteiger partial charge on any atom is -0.493 e. The van der Waals surface area contributed by atoms with Crippen molar-refractivity contribution in [3.05, 3.63) is 59.4 Å². The predicted molar refractivity (Wildman–Crippen MR) is 100 cm³/mol. The van der Waals surface area contributed by atoms with Crippen LogP contribution in [0.1, 0.15) is 28.6 Å². The fraction of sp³-hybridized carbons (Fsp3) is 0.200. The van der Waals surface area contributed by atoms with Gasteiger partial charge in [-0.15, -0.1) is 0 Å². The molecule has 1 amide bonds. The van der Waals surface area contributed by atoms with E-state index in [1.54, 1.807) is 19.9 Å². The van der Waals surface area contributed by atoms with Crippen molar-refractivity contribution in [2.45, 2.75) is 20.5 Å². The maximum absolute atomic E-state index is 12.4. The van der Waals surface area contributed by atoms with Gasteiger partial charge in [0.2, 0.25) is 0 Å². The van der Waals surface area contributed by atoms with Crippen LogP contribution in [0.25, 0.3) is 11.0 Å². The highest BCUT2D eigenvalue weighted by Crippen LogP contribution is 2.29. The number of amides is 1. The van der Waals surface area contributed by atoms with E-state index in [1.807, 2.05) is 18.2 Å². The van der Waals surface area contributed by atoms with E-state index in [-0.39, 0.29) is 17.3 Å². The molecule has 8 heteroatoms. The fourth-order valence-corrected chi connectivity index (χ4v) is 2.73. The number of rotatable bonds is 6. The third-order valence-electron chi connectivity index (χ3n) is 4.17. The zero-order valence-corrected chi connectivity index (χ0v) is 15.5. The first-order valence-electron chi connectivity index (χ1n) is 8.36. The smallest absolute Gasteiger partial charge is 0.387 e. The lowest BCUT2D eigenvalue weighted by atomic mass is 10.1. The van der Waals surface area contributed by atoms with Gasteiger partial charge in [-0.25, -0.2) is 5.43 Å². The van der Waals surface area contributed by atoms with Crippen molar-refractivity contribution in [2.24, 2.45) is 5.10 Å². The van der Waals surface area contributed by atoms with Crippen LogP contribution in [0.15, 0.2) is 52.0 Å². The van der Waals surface area contributed by atoms with Crippen LogP contribution in [0.3, 0.4) is 0 Å². The molecule has 0 aliphatic rings. The third kappa shape index (κ3) is 3.95.